The van der Waals surface area contributed by atoms with E-state index in [1.165, 1.54) is 0 Å². The molecule has 7 heteroatoms. The van der Waals surface area contributed by atoms with Crippen LogP contribution < -0.4 is 10.6 Å². The summed E-state index contributed by atoms with van der Waals surface area (Å²) in [5.74, 6) is 1.46. The molecular weight excluding hydrogens is 308 g/mol. The summed E-state index contributed by atoms with van der Waals surface area (Å²) in [6.07, 6.45) is 8.33. The molecule has 0 unspecified atom stereocenters. The summed E-state index contributed by atoms with van der Waals surface area (Å²) in [6, 6.07) is 0. The van der Waals surface area contributed by atoms with Crippen molar-refractivity contribution in [3.05, 3.63) is 29.4 Å². The Kier molecular flexibility index (Phi) is 5.14. The Morgan fingerprint density at radius 2 is 2.26 bits per heavy atom. The van der Waals surface area contributed by atoms with Crippen molar-refractivity contribution in [1.82, 2.24) is 19.5 Å². The van der Waals surface area contributed by atoms with E-state index in [1.807, 2.05) is 19.4 Å². The molecule has 0 atom stereocenters. The molecule has 0 aliphatic rings. The Hall–Kier alpha value is -1.63. The van der Waals surface area contributed by atoms with Gasteiger partial charge in [-0.3, -0.25) is 0 Å². The van der Waals surface area contributed by atoms with Crippen LogP contribution in [-0.4, -0.2) is 32.6 Å². The Labute approximate surface area is 120 Å². The SMILES string of the molecule is CCNc1ncc(Br)c(NCCCn2ccnc2)n1. The average Bonchev–Trinajstić information content (AvgIpc) is 2.91. The predicted molar refractivity (Wildman–Crippen MR) is 79.2 cm³/mol. The number of hydrogen-bond donors (Lipinski definition) is 2. The highest BCUT2D eigenvalue weighted by Crippen LogP contribution is 2.19. The molecule has 0 aliphatic heterocycles. The molecule has 0 fully saturated rings. The van der Waals surface area contributed by atoms with Gasteiger partial charge in [0.2, 0.25) is 5.95 Å². The van der Waals surface area contributed by atoms with E-state index in [4.69, 9.17) is 0 Å². The normalized spacial score (nSPS) is 10.4. The Morgan fingerprint density at radius 1 is 1.37 bits per heavy atom. The van der Waals surface area contributed by atoms with Gasteiger partial charge in [-0.25, -0.2) is 9.97 Å². The summed E-state index contributed by atoms with van der Waals surface area (Å²) in [6.45, 7) is 4.61. The molecule has 6 nitrogen and oxygen atoms in total. The van der Waals surface area contributed by atoms with Crippen molar-refractivity contribution in [3.63, 3.8) is 0 Å². The number of hydrogen-bond acceptors (Lipinski definition) is 5. The van der Waals surface area contributed by atoms with E-state index < -0.39 is 0 Å². The Morgan fingerprint density at radius 3 is 3.00 bits per heavy atom. The van der Waals surface area contributed by atoms with Crippen LogP contribution in [0.5, 0.6) is 0 Å². The monoisotopic (exact) mass is 324 g/mol. The number of nitrogens with one attached hydrogen (secondary N) is 2. The van der Waals surface area contributed by atoms with Crippen molar-refractivity contribution >= 4 is 27.7 Å². The molecule has 0 spiro atoms. The number of anilines is 2. The van der Waals surface area contributed by atoms with Gasteiger partial charge in [-0.05, 0) is 29.3 Å². The third-order valence-corrected chi connectivity index (χ3v) is 3.10. The molecule has 2 N–H and O–H groups in total. The van der Waals surface area contributed by atoms with Crippen LogP contribution in [0.4, 0.5) is 11.8 Å². The zero-order valence-electron chi connectivity index (χ0n) is 10.8. The summed E-state index contributed by atoms with van der Waals surface area (Å²) in [5, 5.41) is 6.39. The zero-order valence-corrected chi connectivity index (χ0v) is 12.4. The second kappa shape index (κ2) is 7.08. The molecule has 0 aromatic carbocycles. The molecule has 2 heterocycles. The minimum absolute atomic E-state index is 0.641. The van der Waals surface area contributed by atoms with Crippen molar-refractivity contribution in [2.24, 2.45) is 0 Å². The molecule has 2 aromatic heterocycles. The van der Waals surface area contributed by atoms with Gasteiger partial charge in [0.1, 0.15) is 5.82 Å². The van der Waals surface area contributed by atoms with Crippen molar-refractivity contribution < 1.29 is 0 Å². The first-order valence-electron chi connectivity index (χ1n) is 6.25. The smallest absolute Gasteiger partial charge is 0.224 e. The second-order valence-electron chi connectivity index (χ2n) is 4.00. The Balaban J connectivity index is 1.83. The van der Waals surface area contributed by atoms with Gasteiger partial charge in [0.25, 0.3) is 0 Å². The molecule has 102 valence electrons. The highest BCUT2D eigenvalue weighted by molar-refractivity contribution is 9.10. The fourth-order valence-electron chi connectivity index (χ4n) is 1.62. The standard InChI is InChI=1S/C12H17BrN6/c1-2-15-12-17-8-10(13)11(18-12)16-4-3-6-19-7-5-14-9-19/h5,7-9H,2-4,6H2,1H3,(H2,15,16,17,18). The van der Waals surface area contributed by atoms with Crippen molar-refractivity contribution in [3.8, 4) is 0 Å². The lowest BCUT2D eigenvalue weighted by Crippen LogP contribution is -2.09. The van der Waals surface area contributed by atoms with Crippen LogP contribution in [0, 0.1) is 0 Å². The van der Waals surface area contributed by atoms with Gasteiger partial charge in [0.15, 0.2) is 0 Å². The summed E-state index contributed by atoms with van der Waals surface area (Å²) >= 11 is 3.44. The minimum atomic E-state index is 0.641. The van der Waals surface area contributed by atoms with Gasteiger partial charge in [-0.15, -0.1) is 0 Å². The van der Waals surface area contributed by atoms with Crippen molar-refractivity contribution in [2.75, 3.05) is 23.7 Å². The summed E-state index contributed by atoms with van der Waals surface area (Å²) in [4.78, 5) is 12.6. The van der Waals surface area contributed by atoms with Crippen molar-refractivity contribution in [1.29, 1.82) is 0 Å². The number of rotatable bonds is 7. The number of nitrogens with zero attached hydrogens (tertiary/aromatic N) is 4. The van der Waals surface area contributed by atoms with Gasteiger partial charge >= 0.3 is 0 Å². The summed E-state index contributed by atoms with van der Waals surface area (Å²) < 4.78 is 2.93. The largest absolute Gasteiger partial charge is 0.369 e. The van der Waals surface area contributed by atoms with E-state index in [9.17, 15) is 0 Å². The molecule has 19 heavy (non-hydrogen) atoms. The number of aromatic nitrogens is 4. The van der Waals surface area contributed by atoms with Crippen molar-refractivity contribution in [2.45, 2.75) is 19.9 Å². The van der Waals surface area contributed by atoms with Gasteiger partial charge in [-0.2, -0.15) is 4.98 Å². The van der Waals surface area contributed by atoms with E-state index in [0.717, 1.165) is 36.3 Å². The molecule has 0 aliphatic carbocycles. The van der Waals surface area contributed by atoms with Gasteiger partial charge in [0, 0.05) is 38.2 Å². The molecule has 0 bridgehead atoms. The maximum Gasteiger partial charge on any atom is 0.224 e. The second-order valence-corrected chi connectivity index (χ2v) is 4.86. The lowest BCUT2D eigenvalue weighted by Gasteiger charge is -2.09. The molecule has 2 aromatic rings. The minimum Gasteiger partial charge on any atom is -0.369 e. The quantitative estimate of drug-likeness (QED) is 0.765. The number of aryl methyl sites for hydroxylation is 1. The topological polar surface area (TPSA) is 67.7 Å². The van der Waals surface area contributed by atoms with Crippen LogP contribution in [0.1, 0.15) is 13.3 Å². The fraction of sp³-hybridized carbons (Fsp3) is 0.417. The first-order valence-corrected chi connectivity index (χ1v) is 7.05. The lowest BCUT2D eigenvalue weighted by molar-refractivity contribution is 0.660. The van der Waals surface area contributed by atoms with E-state index in [1.54, 1.807) is 12.4 Å². The first-order chi connectivity index (χ1) is 9.29. The molecule has 0 amide bonds. The predicted octanol–water partition coefficient (Wildman–Crippen LogP) is 2.37. The third kappa shape index (κ3) is 4.20. The number of imidazole rings is 1. The van der Waals surface area contributed by atoms with E-state index in [2.05, 4.69) is 46.1 Å². The van der Waals surface area contributed by atoms with Crippen LogP contribution in [0.3, 0.4) is 0 Å². The Bertz CT molecular complexity index is 499. The maximum atomic E-state index is 4.40. The van der Waals surface area contributed by atoms with Crippen LogP contribution in [0.25, 0.3) is 0 Å². The van der Waals surface area contributed by atoms with E-state index >= 15 is 0 Å². The highest BCUT2D eigenvalue weighted by atomic mass is 79.9. The summed E-state index contributed by atoms with van der Waals surface area (Å²) in [7, 11) is 0. The fourth-order valence-corrected chi connectivity index (χ4v) is 1.95. The van der Waals surface area contributed by atoms with Crippen LogP contribution >= 0.6 is 15.9 Å². The third-order valence-electron chi connectivity index (χ3n) is 2.52. The van der Waals surface area contributed by atoms with Crippen LogP contribution in [0.15, 0.2) is 29.4 Å². The van der Waals surface area contributed by atoms with Gasteiger partial charge in [0.05, 0.1) is 10.8 Å². The zero-order chi connectivity index (χ0) is 13.5. The molecule has 0 saturated heterocycles. The average molecular weight is 325 g/mol. The lowest BCUT2D eigenvalue weighted by atomic mass is 10.4. The van der Waals surface area contributed by atoms with E-state index in [-0.39, 0.29) is 0 Å². The number of halogens is 1. The maximum absolute atomic E-state index is 4.40. The molecular formula is C12H17BrN6. The highest BCUT2D eigenvalue weighted by Gasteiger charge is 2.03. The molecule has 0 radical (unpaired) electrons. The van der Waals surface area contributed by atoms with Gasteiger partial charge in [-0.1, -0.05) is 0 Å². The summed E-state index contributed by atoms with van der Waals surface area (Å²) in [5.41, 5.74) is 0. The first kappa shape index (κ1) is 13.8. The van der Waals surface area contributed by atoms with Crippen LogP contribution in [-0.2, 0) is 6.54 Å². The van der Waals surface area contributed by atoms with Gasteiger partial charge < -0.3 is 15.2 Å². The molecule has 2 rings (SSSR count). The van der Waals surface area contributed by atoms with Crippen LogP contribution in [0.2, 0.25) is 0 Å². The van der Waals surface area contributed by atoms with E-state index in [0.29, 0.717) is 5.95 Å². The molecule has 0 saturated carbocycles.